The fourth-order valence-corrected chi connectivity index (χ4v) is 4.31. The predicted octanol–water partition coefficient (Wildman–Crippen LogP) is 4.08. The first-order valence-corrected chi connectivity index (χ1v) is 10.3. The fraction of sp³-hybridized carbons (Fsp3) is 1.00. The third-order valence-corrected chi connectivity index (χ3v) is 4.93. The maximum atomic E-state index is 9.54. The quantitative estimate of drug-likeness (QED) is 0.696. The molecule has 0 bridgehead atoms. The molecule has 0 spiro atoms. The summed E-state index contributed by atoms with van der Waals surface area (Å²) in [5, 5.41) is 9.54. The molecular formula is C22H49N3O. The van der Waals surface area contributed by atoms with Crippen LogP contribution in [0.25, 0.3) is 0 Å². The second-order valence-corrected chi connectivity index (χ2v) is 11.6. The van der Waals surface area contributed by atoms with Gasteiger partial charge in [-0.2, -0.15) is 0 Å². The van der Waals surface area contributed by atoms with Gasteiger partial charge in [0.2, 0.25) is 0 Å². The van der Waals surface area contributed by atoms with Crippen LogP contribution in [-0.4, -0.2) is 81.3 Å². The Kier molecular flexibility index (Phi) is 9.30. The van der Waals surface area contributed by atoms with Crippen LogP contribution in [0.3, 0.4) is 0 Å². The van der Waals surface area contributed by atoms with Crippen LogP contribution in [-0.2, 0) is 0 Å². The molecular weight excluding hydrogens is 322 g/mol. The fourth-order valence-electron chi connectivity index (χ4n) is 4.31. The highest BCUT2D eigenvalue weighted by molar-refractivity contribution is 4.89. The summed E-state index contributed by atoms with van der Waals surface area (Å²) < 4.78 is 0. The normalized spacial score (nSPS) is 14.8. The van der Waals surface area contributed by atoms with E-state index in [1.807, 2.05) is 0 Å². The highest BCUT2D eigenvalue weighted by Gasteiger charge is 2.33. The minimum atomic E-state index is 0.131. The molecule has 0 aromatic rings. The molecule has 0 aromatic carbocycles. The summed E-state index contributed by atoms with van der Waals surface area (Å²) in [6, 6.07) is 0. The Morgan fingerprint density at radius 2 is 0.731 bits per heavy atom. The molecule has 0 heterocycles. The number of aliphatic hydroxyl groups excluding tert-OH is 1. The van der Waals surface area contributed by atoms with Crippen LogP contribution >= 0.6 is 0 Å². The van der Waals surface area contributed by atoms with E-state index in [4.69, 9.17) is 0 Å². The first kappa shape index (κ1) is 25.8. The molecule has 0 saturated heterocycles. The van der Waals surface area contributed by atoms with Gasteiger partial charge in [0.15, 0.2) is 0 Å². The minimum Gasteiger partial charge on any atom is -0.395 e. The summed E-state index contributed by atoms with van der Waals surface area (Å²) in [6.07, 6.45) is 0. The Balaban J connectivity index is 5.04. The SMILES string of the molecule is CC(C)(C)N(CCN(CCO)CCN(C(C)(C)C)C(C)(C)C)C(C)(C)C. The van der Waals surface area contributed by atoms with Crippen molar-refractivity contribution in [3.05, 3.63) is 0 Å². The Morgan fingerprint density at radius 3 is 0.923 bits per heavy atom. The highest BCUT2D eigenvalue weighted by atomic mass is 16.3. The third kappa shape index (κ3) is 9.16. The van der Waals surface area contributed by atoms with Gasteiger partial charge in [-0.05, 0) is 83.1 Å². The van der Waals surface area contributed by atoms with Crippen molar-refractivity contribution in [2.45, 2.75) is 105 Å². The van der Waals surface area contributed by atoms with Crippen LogP contribution in [0.15, 0.2) is 0 Å². The predicted molar refractivity (Wildman–Crippen MR) is 116 cm³/mol. The van der Waals surface area contributed by atoms with E-state index in [9.17, 15) is 5.11 Å². The molecule has 0 unspecified atom stereocenters. The monoisotopic (exact) mass is 371 g/mol. The van der Waals surface area contributed by atoms with E-state index in [0.717, 1.165) is 32.7 Å². The van der Waals surface area contributed by atoms with Gasteiger partial charge in [-0.15, -0.1) is 0 Å². The van der Waals surface area contributed by atoms with E-state index in [0.29, 0.717) is 0 Å². The number of hydrogen-bond acceptors (Lipinski definition) is 4. The molecule has 0 rings (SSSR count). The summed E-state index contributed by atoms with van der Waals surface area (Å²) in [4.78, 5) is 7.54. The molecule has 0 saturated carbocycles. The summed E-state index contributed by atoms with van der Waals surface area (Å²) in [5.74, 6) is 0. The average molecular weight is 372 g/mol. The first-order chi connectivity index (χ1) is 11.4. The van der Waals surface area contributed by atoms with Crippen molar-refractivity contribution in [3.8, 4) is 0 Å². The molecule has 0 atom stereocenters. The largest absolute Gasteiger partial charge is 0.395 e. The van der Waals surface area contributed by atoms with Crippen LogP contribution in [0, 0.1) is 0 Å². The van der Waals surface area contributed by atoms with Crippen LogP contribution in [0.2, 0.25) is 0 Å². The Labute approximate surface area is 164 Å². The number of rotatable bonds is 8. The number of aliphatic hydroxyl groups is 1. The van der Waals surface area contributed by atoms with E-state index in [1.165, 1.54) is 0 Å². The van der Waals surface area contributed by atoms with Crippen LogP contribution in [0.5, 0.6) is 0 Å². The summed E-state index contributed by atoms with van der Waals surface area (Å²) in [7, 11) is 0. The lowest BCUT2D eigenvalue weighted by atomic mass is 9.95. The summed E-state index contributed by atoms with van der Waals surface area (Å²) in [6.45, 7) is 32.4. The van der Waals surface area contributed by atoms with Gasteiger partial charge in [-0.25, -0.2) is 0 Å². The number of nitrogens with zero attached hydrogens (tertiary/aromatic N) is 3. The van der Waals surface area contributed by atoms with Crippen molar-refractivity contribution < 1.29 is 5.11 Å². The molecule has 4 heteroatoms. The Bertz CT molecular complexity index is 330. The van der Waals surface area contributed by atoms with Crippen molar-refractivity contribution in [1.29, 1.82) is 0 Å². The maximum absolute atomic E-state index is 9.54. The summed E-state index contributed by atoms with van der Waals surface area (Å²) in [5.41, 5.74) is 0.524. The second kappa shape index (κ2) is 9.36. The van der Waals surface area contributed by atoms with Gasteiger partial charge in [0, 0.05) is 54.9 Å². The maximum Gasteiger partial charge on any atom is 0.0558 e. The van der Waals surface area contributed by atoms with Crippen molar-refractivity contribution >= 4 is 0 Å². The zero-order chi connectivity index (χ0) is 21.0. The lowest BCUT2D eigenvalue weighted by Crippen LogP contribution is -2.57. The molecule has 26 heavy (non-hydrogen) atoms. The van der Waals surface area contributed by atoms with Crippen molar-refractivity contribution in [2.24, 2.45) is 0 Å². The molecule has 0 aliphatic rings. The third-order valence-electron chi connectivity index (χ3n) is 4.93. The number of hydrogen-bond donors (Lipinski definition) is 1. The van der Waals surface area contributed by atoms with Gasteiger partial charge >= 0.3 is 0 Å². The molecule has 4 nitrogen and oxygen atoms in total. The van der Waals surface area contributed by atoms with E-state index < -0.39 is 0 Å². The molecule has 0 aliphatic carbocycles. The van der Waals surface area contributed by atoms with E-state index >= 15 is 0 Å². The standard InChI is InChI=1S/C22H49N3O/c1-19(2,3)24(20(4,5)6)15-13-23(17-18-26)14-16-25(21(7,8)9)22(10,11)12/h26H,13-18H2,1-12H3. The topological polar surface area (TPSA) is 30.0 Å². The zero-order valence-electron chi connectivity index (χ0n) is 20.0. The van der Waals surface area contributed by atoms with Gasteiger partial charge in [0.05, 0.1) is 6.61 Å². The summed E-state index contributed by atoms with van der Waals surface area (Å²) >= 11 is 0. The molecule has 1 N–H and O–H groups in total. The van der Waals surface area contributed by atoms with Gasteiger partial charge in [-0.3, -0.25) is 14.7 Å². The zero-order valence-corrected chi connectivity index (χ0v) is 20.0. The Morgan fingerprint density at radius 1 is 0.462 bits per heavy atom. The van der Waals surface area contributed by atoms with Gasteiger partial charge in [0.25, 0.3) is 0 Å². The van der Waals surface area contributed by atoms with Crippen LogP contribution in [0.4, 0.5) is 0 Å². The lowest BCUT2D eigenvalue weighted by molar-refractivity contribution is 0.0114. The van der Waals surface area contributed by atoms with Crippen molar-refractivity contribution in [2.75, 3.05) is 39.3 Å². The molecule has 0 radical (unpaired) electrons. The minimum absolute atomic E-state index is 0.131. The highest BCUT2D eigenvalue weighted by Crippen LogP contribution is 2.25. The molecule has 0 amide bonds. The van der Waals surface area contributed by atoms with Gasteiger partial charge in [-0.1, -0.05) is 0 Å². The van der Waals surface area contributed by atoms with Crippen LogP contribution < -0.4 is 0 Å². The van der Waals surface area contributed by atoms with Crippen molar-refractivity contribution in [1.82, 2.24) is 14.7 Å². The molecule has 0 aliphatic heterocycles. The Hall–Kier alpha value is -0.160. The van der Waals surface area contributed by atoms with E-state index in [1.54, 1.807) is 0 Å². The average Bonchev–Trinajstić information content (AvgIpc) is 2.32. The van der Waals surface area contributed by atoms with Gasteiger partial charge < -0.3 is 5.11 Å². The molecule has 0 fully saturated rings. The molecule has 0 aromatic heterocycles. The van der Waals surface area contributed by atoms with Crippen LogP contribution in [0.1, 0.15) is 83.1 Å². The van der Waals surface area contributed by atoms with E-state index in [2.05, 4.69) is 97.8 Å². The molecule has 158 valence electrons. The first-order valence-electron chi connectivity index (χ1n) is 10.3. The second-order valence-electron chi connectivity index (χ2n) is 11.6. The smallest absolute Gasteiger partial charge is 0.0558 e. The van der Waals surface area contributed by atoms with E-state index in [-0.39, 0.29) is 28.8 Å². The lowest BCUT2D eigenvalue weighted by Gasteiger charge is -2.47. The van der Waals surface area contributed by atoms with Gasteiger partial charge in [0.1, 0.15) is 0 Å². The van der Waals surface area contributed by atoms with Crippen molar-refractivity contribution in [3.63, 3.8) is 0 Å².